The van der Waals surface area contributed by atoms with E-state index in [2.05, 4.69) is 58.6 Å². The van der Waals surface area contributed by atoms with E-state index in [1.807, 2.05) is 12.1 Å². The summed E-state index contributed by atoms with van der Waals surface area (Å²) in [6.45, 7) is 14.7. The summed E-state index contributed by atoms with van der Waals surface area (Å²) in [5.41, 5.74) is 3.68. The Morgan fingerprint density at radius 3 is 1.84 bits per heavy atom. The third-order valence-electron chi connectivity index (χ3n) is 8.14. The van der Waals surface area contributed by atoms with Crippen LogP contribution in [0.4, 0.5) is 0 Å². The second kappa shape index (κ2) is 20.3. The van der Waals surface area contributed by atoms with Crippen molar-refractivity contribution in [1.82, 2.24) is 5.32 Å². The van der Waals surface area contributed by atoms with E-state index in [1.54, 1.807) is 19.1 Å². The molecule has 7 heteroatoms. The molecular formula is C36H55NO5S. The molecule has 2 N–H and O–H groups in total. The number of aliphatic carboxylic acids is 1. The number of Topliss-reactive ketones (excluding diaryl/α,β-unsaturated/α-hetero) is 2. The first-order valence-electron chi connectivity index (χ1n) is 15.9. The SMILES string of the molecule is CC(=CCC1=C(C)C(=O)c2ccccc2C1=O)CCCC(C)CCCC(C)CCCC(C)C.CC(=O)N[C@@H](CS)C(=O)O. The molecule has 0 saturated carbocycles. The van der Waals surface area contributed by atoms with Crippen LogP contribution in [0.5, 0.6) is 0 Å². The lowest BCUT2D eigenvalue weighted by Gasteiger charge is -2.18. The molecule has 0 bridgehead atoms. The molecule has 3 atom stereocenters. The van der Waals surface area contributed by atoms with E-state index in [-0.39, 0.29) is 23.2 Å². The Bertz CT molecular complexity index is 1140. The Morgan fingerprint density at radius 1 is 0.860 bits per heavy atom. The van der Waals surface area contributed by atoms with Crippen LogP contribution in [-0.4, -0.2) is 40.3 Å². The van der Waals surface area contributed by atoms with Crippen molar-refractivity contribution in [3.05, 3.63) is 58.2 Å². The Labute approximate surface area is 265 Å². The minimum Gasteiger partial charge on any atom is -0.480 e. The molecule has 0 spiro atoms. The van der Waals surface area contributed by atoms with Crippen LogP contribution in [0.15, 0.2) is 47.1 Å². The number of nitrogens with one attached hydrogen (secondary N) is 1. The minimum absolute atomic E-state index is 0.00526. The fourth-order valence-electron chi connectivity index (χ4n) is 5.31. The van der Waals surface area contributed by atoms with Gasteiger partial charge in [0.1, 0.15) is 6.04 Å². The highest BCUT2D eigenvalue weighted by Gasteiger charge is 2.28. The zero-order valence-electron chi connectivity index (χ0n) is 27.5. The molecule has 43 heavy (non-hydrogen) atoms. The summed E-state index contributed by atoms with van der Waals surface area (Å²) in [7, 11) is 0. The van der Waals surface area contributed by atoms with E-state index in [4.69, 9.17) is 5.11 Å². The summed E-state index contributed by atoms with van der Waals surface area (Å²) in [5, 5.41) is 10.6. The fraction of sp³-hybridized carbons (Fsp3) is 0.611. The molecule has 1 aromatic rings. The molecule has 1 aliphatic rings. The van der Waals surface area contributed by atoms with Gasteiger partial charge in [-0.3, -0.25) is 14.4 Å². The van der Waals surface area contributed by atoms with Crippen LogP contribution in [0.1, 0.15) is 133 Å². The molecule has 240 valence electrons. The van der Waals surface area contributed by atoms with Crippen molar-refractivity contribution in [3.8, 4) is 0 Å². The Kier molecular flexibility index (Phi) is 18.1. The van der Waals surface area contributed by atoms with Crippen molar-refractivity contribution >= 4 is 36.1 Å². The van der Waals surface area contributed by atoms with Crippen LogP contribution in [0, 0.1) is 17.8 Å². The highest BCUT2D eigenvalue weighted by Crippen LogP contribution is 2.29. The van der Waals surface area contributed by atoms with E-state index in [1.165, 1.54) is 63.9 Å². The Morgan fingerprint density at radius 2 is 1.37 bits per heavy atom. The molecule has 0 aromatic heterocycles. The molecule has 0 aliphatic heterocycles. The molecular weight excluding hydrogens is 558 g/mol. The summed E-state index contributed by atoms with van der Waals surface area (Å²) in [4.78, 5) is 46.0. The number of carboxylic acid groups (broad SMARTS) is 1. The summed E-state index contributed by atoms with van der Waals surface area (Å²) < 4.78 is 0. The van der Waals surface area contributed by atoms with Crippen molar-refractivity contribution in [2.75, 3.05) is 5.75 Å². The number of fused-ring (bicyclic) bond motifs is 1. The highest BCUT2D eigenvalue weighted by molar-refractivity contribution is 7.80. The summed E-state index contributed by atoms with van der Waals surface area (Å²) >= 11 is 3.73. The minimum atomic E-state index is -1.06. The summed E-state index contributed by atoms with van der Waals surface area (Å²) in [5.74, 6) is 1.16. The molecule has 1 amide bonds. The van der Waals surface area contributed by atoms with Crippen LogP contribution in [0.3, 0.4) is 0 Å². The lowest BCUT2D eigenvalue weighted by atomic mass is 9.83. The van der Waals surface area contributed by atoms with Crippen LogP contribution >= 0.6 is 12.6 Å². The number of hydrogen-bond acceptors (Lipinski definition) is 5. The maximum atomic E-state index is 12.9. The summed E-state index contributed by atoms with van der Waals surface area (Å²) in [6, 6.07) is 6.30. The van der Waals surface area contributed by atoms with E-state index >= 15 is 0 Å². The summed E-state index contributed by atoms with van der Waals surface area (Å²) in [6.07, 6.45) is 14.4. The van der Waals surface area contributed by atoms with E-state index in [0.29, 0.717) is 28.7 Å². The van der Waals surface area contributed by atoms with E-state index < -0.39 is 12.0 Å². The van der Waals surface area contributed by atoms with Gasteiger partial charge in [-0.1, -0.05) is 109 Å². The quantitative estimate of drug-likeness (QED) is 0.121. The predicted octanol–water partition coefficient (Wildman–Crippen LogP) is 8.66. The van der Waals surface area contributed by atoms with Crippen molar-refractivity contribution in [2.24, 2.45) is 17.8 Å². The van der Waals surface area contributed by atoms with Gasteiger partial charge in [0.2, 0.25) is 5.91 Å². The van der Waals surface area contributed by atoms with Crippen LogP contribution in [0.25, 0.3) is 0 Å². The van der Waals surface area contributed by atoms with Gasteiger partial charge in [0.05, 0.1) is 0 Å². The van der Waals surface area contributed by atoms with Crippen molar-refractivity contribution in [2.45, 2.75) is 119 Å². The van der Waals surface area contributed by atoms with Gasteiger partial charge < -0.3 is 10.4 Å². The molecule has 0 heterocycles. The second-order valence-electron chi connectivity index (χ2n) is 12.7. The number of amides is 1. The maximum Gasteiger partial charge on any atom is 0.327 e. The van der Waals surface area contributed by atoms with E-state index in [9.17, 15) is 19.2 Å². The van der Waals surface area contributed by atoms with Crippen molar-refractivity contribution in [1.29, 1.82) is 0 Å². The monoisotopic (exact) mass is 613 g/mol. The smallest absolute Gasteiger partial charge is 0.327 e. The lowest BCUT2D eigenvalue weighted by Crippen LogP contribution is -2.40. The van der Waals surface area contributed by atoms with Crippen molar-refractivity contribution in [3.63, 3.8) is 0 Å². The average Bonchev–Trinajstić information content (AvgIpc) is 2.94. The van der Waals surface area contributed by atoms with Crippen molar-refractivity contribution < 1.29 is 24.3 Å². The van der Waals surface area contributed by atoms with E-state index in [0.717, 1.165) is 24.2 Å². The third kappa shape index (κ3) is 14.6. The Hall–Kier alpha value is -2.67. The van der Waals surface area contributed by atoms with Gasteiger partial charge in [-0.15, -0.1) is 0 Å². The highest BCUT2D eigenvalue weighted by atomic mass is 32.1. The fourth-order valence-corrected chi connectivity index (χ4v) is 5.56. The van der Waals surface area contributed by atoms with Gasteiger partial charge in [-0.2, -0.15) is 12.6 Å². The Balaban J connectivity index is 0.000000790. The molecule has 0 radical (unpaired) electrons. The van der Waals surface area contributed by atoms with Gasteiger partial charge in [-0.25, -0.2) is 4.79 Å². The normalized spacial score (nSPS) is 15.4. The lowest BCUT2D eigenvalue weighted by molar-refractivity contribution is -0.140. The number of ketones is 2. The van der Waals surface area contributed by atoms with Crippen LogP contribution in [0.2, 0.25) is 0 Å². The van der Waals surface area contributed by atoms with Gasteiger partial charge >= 0.3 is 5.97 Å². The number of carbonyl (C=O) groups is 4. The third-order valence-corrected chi connectivity index (χ3v) is 8.50. The predicted molar refractivity (Wildman–Crippen MR) is 180 cm³/mol. The second-order valence-corrected chi connectivity index (χ2v) is 13.1. The molecule has 6 nitrogen and oxygen atoms in total. The zero-order valence-corrected chi connectivity index (χ0v) is 28.4. The van der Waals surface area contributed by atoms with Gasteiger partial charge in [0.15, 0.2) is 11.6 Å². The van der Waals surface area contributed by atoms with Crippen LogP contribution < -0.4 is 5.32 Å². The molecule has 2 unspecified atom stereocenters. The number of carbonyl (C=O) groups excluding carboxylic acids is 3. The first kappa shape index (κ1) is 38.4. The number of hydrogen-bond donors (Lipinski definition) is 3. The zero-order chi connectivity index (χ0) is 32.5. The maximum absolute atomic E-state index is 12.9. The molecule has 1 aromatic carbocycles. The first-order chi connectivity index (χ1) is 20.3. The largest absolute Gasteiger partial charge is 0.480 e. The molecule has 2 rings (SSSR count). The molecule has 0 saturated heterocycles. The first-order valence-corrected chi connectivity index (χ1v) is 16.6. The topological polar surface area (TPSA) is 101 Å². The number of benzene rings is 1. The number of thiol groups is 1. The standard InChI is InChI=1S/C31H46O2.C5H9NO3S/c1-22(2)12-9-13-23(3)14-10-15-24(4)16-11-17-25(5)20-21-27-26(6)30(32)28-18-7-8-19-29(28)31(27)33;1-3(7)6-4(2-10)5(8)9/h7-8,18-20,22-24H,9-17,21H2,1-6H3;4,10H,2H2,1H3,(H,6,7)(H,8,9)/t;4-/m.0/s1. The van der Waals surface area contributed by atoms with Gasteiger partial charge in [0.25, 0.3) is 0 Å². The molecule has 0 fully saturated rings. The average molecular weight is 614 g/mol. The number of rotatable bonds is 17. The van der Waals surface area contributed by atoms with Gasteiger partial charge in [0, 0.05) is 34.9 Å². The van der Waals surface area contributed by atoms with Crippen LogP contribution in [-0.2, 0) is 9.59 Å². The number of allylic oxidation sites excluding steroid dienone is 4. The number of carboxylic acids is 1. The molecule has 1 aliphatic carbocycles. The van der Waals surface area contributed by atoms with Gasteiger partial charge in [-0.05, 0) is 50.9 Å².